The first-order valence-electron chi connectivity index (χ1n) is 2.26. The molecule has 1 aromatic rings. The Balaban J connectivity index is 2.98. The predicted octanol–water partition coefficient (Wildman–Crippen LogP) is 0.128. The van der Waals surface area contributed by atoms with Crippen LogP contribution in [-0.2, 0) is 7.05 Å². The average molecular weight is 126 g/mol. The van der Waals surface area contributed by atoms with Crippen LogP contribution in [0.1, 0.15) is 0 Å². The first-order valence-corrected chi connectivity index (χ1v) is 2.26. The third kappa shape index (κ3) is 1.04. The summed E-state index contributed by atoms with van der Waals surface area (Å²) in [6.07, 6.45) is 3.51. The van der Waals surface area contributed by atoms with Crippen molar-refractivity contribution in [3.8, 4) is 0 Å². The number of aromatic nitrogens is 2. The zero-order valence-corrected chi connectivity index (χ0v) is 4.74. The molecule has 0 aliphatic carbocycles. The van der Waals surface area contributed by atoms with Crippen LogP contribution in [0.4, 0.5) is 5.69 Å². The van der Waals surface area contributed by atoms with Crippen molar-refractivity contribution >= 4 is 5.69 Å². The molecule has 0 saturated heterocycles. The third-order valence-corrected chi connectivity index (χ3v) is 0.828. The van der Waals surface area contributed by atoms with Crippen LogP contribution in [0.2, 0.25) is 0 Å². The molecule has 0 unspecified atom stereocenters. The minimum atomic E-state index is -0.535. The van der Waals surface area contributed by atoms with Crippen molar-refractivity contribution in [2.75, 3.05) is 0 Å². The van der Waals surface area contributed by atoms with Crippen molar-refractivity contribution < 1.29 is 4.92 Å². The van der Waals surface area contributed by atoms with Crippen molar-refractivity contribution in [2.45, 2.75) is 0 Å². The first-order chi connectivity index (χ1) is 4.20. The molecule has 9 heavy (non-hydrogen) atoms. The van der Waals surface area contributed by atoms with E-state index in [4.69, 9.17) is 0 Å². The van der Waals surface area contributed by atoms with Gasteiger partial charge in [0.15, 0.2) is 6.20 Å². The Morgan fingerprint density at radius 1 is 2.00 bits per heavy atom. The van der Waals surface area contributed by atoms with E-state index in [0.29, 0.717) is 0 Å². The fraction of sp³-hybridized carbons (Fsp3) is 0.250. The van der Waals surface area contributed by atoms with Gasteiger partial charge in [0, 0.05) is 7.05 Å². The number of nitrogens with zero attached hydrogens (tertiary/aromatic N) is 3. The molecule has 0 bridgehead atoms. The second-order valence-corrected chi connectivity index (χ2v) is 1.56. The summed E-state index contributed by atoms with van der Waals surface area (Å²) in [6, 6.07) is 0. The molecule has 1 heterocycles. The second-order valence-electron chi connectivity index (χ2n) is 1.56. The molecule has 0 N–H and O–H groups in total. The van der Waals surface area contributed by atoms with Gasteiger partial charge in [0.05, 0.1) is 4.92 Å². The molecule has 1 rings (SSSR count). The summed E-state index contributed by atoms with van der Waals surface area (Å²) in [5, 5.41) is 13.4. The summed E-state index contributed by atoms with van der Waals surface area (Å²) in [6.45, 7) is 0. The average Bonchev–Trinajstić information content (AvgIpc) is 2.14. The molecule has 0 amide bonds. The van der Waals surface area contributed by atoms with Crippen molar-refractivity contribution in [2.24, 2.45) is 7.05 Å². The van der Waals surface area contributed by atoms with E-state index in [1.54, 1.807) is 7.05 Å². The normalized spacial score (nSPS) is 9.44. The van der Waals surface area contributed by atoms with Crippen LogP contribution in [0.15, 0.2) is 6.20 Å². The van der Waals surface area contributed by atoms with E-state index in [1.165, 1.54) is 10.9 Å². The van der Waals surface area contributed by atoms with Crippen LogP contribution in [0.5, 0.6) is 0 Å². The van der Waals surface area contributed by atoms with E-state index in [-0.39, 0.29) is 5.69 Å². The van der Waals surface area contributed by atoms with Gasteiger partial charge in [-0.25, -0.2) is 0 Å². The van der Waals surface area contributed by atoms with Crippen LogP contribution < -0.4 is 0 Å². The van der Waals surface area contributed by atoms with Gasteiger partial charge in [-0.05, 0) is 0 Å². The SMILES string of the molecule is Cn1cc([N+](=O)[O-])[c]n1. The van der Waals surface area contributed by atoms with Crippen LogP contribution in [0, 0.1) is 16.3 Å². The smallest absolute Gasteiger partial charge is 0.268 e. The van der Waals surface area contributed by atoms with Crippen molar-refractivity contribution in [3.63, 3.8) is 0 Å². The van der Waals surface area contributed by atoms with E-state index in [2.05, 4.69) is 11.3 Å². The second kappa shape index (κ2) is 1.85. The van der Waals surface area contributed by atoms with Crippen molar-refractivity contribution in [3.05, 3.63) is 22.5 Å². The molecule has 5 nitrogen and oxygen atoms in total. The minimum Gasteiger partial charge on any atom is -0.268 e. The largest absolute Gasteiger partial charge is 0.316 e. The standard InChI is InChI=1S/C4H4N3O2/c1-6-3-4(2-5-6)7(8)9/h3H,1H3. The van der Waals surface area contributed by atoms with Crippen LogP contribution >= 0.6 is 0 Å². The molecule has 47 valence electrons. The molecule has 0 saturated carbocycles. The molecule has 0 atom stereocenters. The molecule has 5 heteroatoms. The molecule has 1 radical (unpaired) electrons. The summed E-state index contributed by atoms with van der Waals surface area (Å²) >= 11 is 0. The van der Waals surface area contributed by atoms with Gasteiger partial charge in [-0.1, -0.05) is 0 Å². The first kappa shape index (κ1) is 5.74. The van der Waals surface area contributed by atoms with Gasteiger partial charge >= 0.3 is 5.69 Å². The maximum atomic E-state index is 9.94. The van der Waals surface area contributed by atoms with Gasteiger partial charge in [-0.2, -0.15) is 5.10 Å². The highest BCUT2D eigenvalue weighted by Crippen LogP contribution is 2.04. The van der Waals surface area contributed by atoms with Gasteiger partial charge in [0.25, 0.3) is 0 Å². The van der Waals surface area contributed by atoms with Gasteiger partial charge < -0.3 is 0 Å². The summed E-state index contributed by atoms with van der Waals surface area (Å²) in [4.78, 5) is 9.40. The Morgan fingerprint density at radius 2 is 2.67 bits per heavy atom. The number of nitro groups is 1. The lowest BCUT2D eigenvalue weighted by Gasteiger charge is -1.79. The zero-order chi connectivity index (χ0) is 6.85. The molecular weight excluding hydrogens is 122 g/mol. The maximum Gasteiger partial charge on any atom is 0.316 e. The fourth-order valence-corrected chi connectivity index (χ4v) is 0.453. The highest BCUT2D eigenvalue weighted by atomic mass is 16.6. The monoisotopic (exact) mass is 126 g/mol. The fourth-order valence-electron chi connectivity index (χ4n) is 0.453. The van der Waals surface area contributed by atoms with Crippen molar-refractivity contribution in [1.82, 2.24) is 9.78 Å². The zero-order valence-electron chi connectivity index (χ0n) is 4.74. The molecule has 0 fully saturated rings. The van der Waals surface area contributed by atoms with Gasteiger partial charge in [0.1, 0.15) is 6.20 Å². The van der Waals surface area contributed by atoms with Crippen LogP contribution in [-0.4, -0.2) is 14.7 Å². The van der Waals surface area contributed by atoms with Gasteiger partial charge in [0.2, 0.25) is 0 Å². The number of aryl methyl sites for hydroxylation is 1. The van der Waals surface area contributed by atoms with Gasteiger partial charge in [-0.3, -0.25) is 14.8 Å². The third-order valence-electron chi connectivity index (χ3n) is 0.828. The van der Waals surface area contributed by atoms with Crippen molar-refractivity contribution in [1.29, 1.82) is 0 Å². The summed E-state index contributed by atoms with van der Waals surface area (Å²) in [5.74, 6) is 0. The Morgan fingerprint density at radius 3 is 2.89 bits per heavy atom. The Hall–Kier alpha value is -1.39. The Kier molecular flexibility index (Phi) is 1.18. The quantitative estimate of drug-likeness (QED) is 0.397. The van der Waals surface area contributed by atoms with Crippen LogP contribution in [0.25, 0.3) is 0 Å². The highest BCUT2D eigenvalue weighted by molar-refractivity contribution is 5.18. The highest BCUT2D eigenvalue weighted by Gasteiger charge is 2.06. The van der Waals surface area contributed by atoms with E-state index < -0.39 is 4.92 Å². The lowest BCUT2D eigenvalue weighted by molar-refractivity contribution is -0.385. The lowest BCUT2D eigenvalue weighted by atomic mass is 10.6. The molecule has 0 aliphatic rings. The molecule has 0 aliphatic heterocycles. The van der Waals surface area contributed by atoms with E-state index >= 15 is 0 Å². The Labute approximate surface area is 51.1 Å². The Bertz CT molecular complexity index is 229. The summed E-state index contributed by atoms with van der Waals surface area (Å²) in [5.41, 5.74) is -0.0995. The molecule has 1 aromatic heterocycles. The summed E-state index contributed by atoms with van der Waals surface area (Å²) in [7, 11) is 1.60. The molecular formula is C4H4N3O2. The van der Waals surface area contributed by atoms with Gasteiger partial charge in [-0.15, -0.1) is 0 Å². The number of hydrogen-bond donors (Lipinski definition) is 0. The molecule has 0 spiro atoms. The maximum absolute atomic E-state index is 9.94. The van der Waals surface area contributed by atoms with E-state index in [9.17, 15) is 10.1 Å². The predicted molar refractivity (Wildman–Crippen MR) is 28.7 cm³/mol. The molecule has 0 aromatic carbocycles. The topological polar surface area (TPSA) is 61.0 Å². The minimum absolute atomic E-state index is 0.0995. The summed E-state index contributed by atoms with van der Waals surface area (Å²) < 4.78 is 1.33. The van der Waals surface area contributed by atoms with E-state index in [1.807, 2.05) is 0 Å². The lowest BCUT2D eigenvalue weighted by Crippen LogP contribution is -1.86. The van der Waals surface area contributed by atoms with Crippen LogP contribution in [0.3, 0.4) is 0 Å². The van der Waals surface area contributed by atoms with E-state index in [0.717, 1.165) is 0 Å². The number of rotatable bonds is 1. The number of hydrogen-bond acceptors (Lipinski definition) is 3.